The normalized spacial score (nSPS) is 13.8. The molecular weight excluding hydrogens is 530 g/mol. The van der Waals surface area contributed by atoms with E-state index in [0.717, 1.165) is 0 Å². The van der Waals surface area contributed by atoms with Crippen molar-refractivity contribution in [1.82, 2.24) is 16.0 Å². The van der Waals surface area contributed by atoms with Gasteiger partial charge in [0.05, 0.1) is 12.5 Å². The predicted molar refractivity (Wildman–Crippen MR) is 143 cm³/mol. The number of primary amides is 1. The lowest BCUT2D eigenvalue weighted by Crippen LogP contribution is -2.58. The van der Waals surface area contributed by atoms with Gasteiger partial charge in [0.2, 0.25) is 23.6 Å². The Kier molecular flexibility index (Phi) is 11.6. The van der Waals surface area contributed by atoms with Crippen molar-refractivity contribution in [3.8, 4) is 11.5 Å². The molecule has 4 amide bonds. The van der Waals surface area contributed by atoms with E-state index in [1.165, 1.54) is 36.4 Å². The number of aromatic hydroxyl groups is 2. The quantitative estimate of drug-likeness (QED) is 0.123. The van der Waals surface area contributed by atoms with Crippen molar-refractivity contribution in [2.75, 3.05) is 5.75 Å². The van der Waals surface area contributed by atoms with Gasteiger partial charge in [-0.05, 0) is 41.8 Å². The van der Waals surface area contributed by atoms with Crippen LogP contribution in [0.4, 0.5) is 0 Å². The molecule has 0 fully saturated rings. The highest BCUT2D eigenvalue weighted by atomic mass is 32.1. The number of thiol groups is 1. The summed E-state index contributed by atoms with van der Waals surface area (Å²) in [5.41, 5.74) is 12.2. The molecule has 10 N–H and O–H groups in total. The minimum atomic E-state index is -1.63. The number of hydrogen-bond acceptors (Lipinski definition) is 9. The third-order valence-corrected chi connectivity index (χ3v) is 5.94. The molecule has 0 saturated carbocycles. The van der Waals surface area contributed by atoms with Gasteiger partial charge in [-0.2, -0.15) is 12.6 Å². The number of rotatable bonds is 14. The van der Waals surface area contributed by atoms with E-state index in [9.17, 15) is 39.3 Å². The van der Waals surface area contributed by atoms with E-state index >= 15 is 0 Å². The summed E-state index contributed by atoms with van der Waals surface area (Å²) < 4.78 is 0. The standard InChI is InChI=1S/C25H31N5O8S/c26-17(9-13-1-5-15(31)6-2-13)22(34)30-20(12-39)24(36)28-18(10-14-3-7-16(32)8-4-14)23(35)29-19(25(37)38)11-21(27)33/h1-8,17-20,31-32,39H,9-12,26H2,(H2,27,33)(H,28,36)(H,29,35)(H,30,34)(H,37,38). The number of phenols is 2. The van der Waals surface area contributed by atoms with Crippen LogP contribution >= 0.6 is 12.6 Å². The summed E-state index contributed by atoms with van der Waals surface area (Å²) in [4.78, 5) is 61.4. The number of carbonyl (C=O) groups is 5. The van der Waals surface area contributed by atoms with E-state index in [1.54, 1.807) is 12.1 Å². The number of hydrogen-bond donors (Lipinski definition) is 9. The molecular formula is C25H31N5O8S. The Hall–Kier alpha value is -4.30. The minimum Gasteiger partial charge on any atom is -0.508 e. The second-order valence-corrected chi connectivity index (χ2v) is 9.09. The van der Waals surface area contributed by atoms with Crippen LogP contribution in [0.2, 0.25) is 0 Å². The number of nitrogens with one attached hydrogen (secondary N) is 3. The summed E-state index contributed by atoms with van der Waals surface area (Å²) in [5.74, 6) is -4.96. The summed E-state index contributed by atoms with van der Waals surface area (Å²) in [5, 5.41) is 35.4. The van der Waals surface area contributed by atoms with Crippen LogP contribution in [0.25, 0.3) is 0 Å². The van der Waals surface area contributed by atoms with Crippen LogP contribution in [0.15, 0.2) is 48.5 Å². The first kappa shape index (κ1) is 30.9. The monoisotopic (exact) mass is 561 g/mol. The van der Waals surface area contributed by atoms with Gasteiger partial charge in [-0.15, -0.1) is 0 Å². The number of carboxylic acid groups (broad SMARTS) is 1. The van der Waals surface area contributed by atoms with Gasteiger partial charge >= 0.3 is 5.97 Å². The van der Waals surface area contributed by atoms with Crippen LogP contribution in [-0.4, -0.2) is 74.8 Å². The van der Waals surface area contributed by atoms with Gasteiger partial charge < -0.3 is 42.7 Å². The van der Waals surface area contributed by atoms with Crippen molar-refractivity contribution in [2.24, 2.45) is 11.5 Å². The zero-order chi connectivity index (χ0) is 29.1. The lowest BCUT2D eigenvalue weighted by molar-refractivity contribution is -0.143. The number of aliphatic carboxylic acids is 1. The van der Waals surface area contributed by atoms with Gasteiger partial charge in [-0.3, -0.25) is 19.2 Å². The molecule has 0 radical (unpaired) electrons. The molecule has 13 nitrogen and oxygen atoms in total. The highest BCUT2D eigenvalue weighted by Gasteiger charge is 2.30. The van der Waals surface area contributed by atoms with E-state index < -0.39 is 60.2 Å². The molecule has 0 aliphatic carbocycles. The fourth-order valence-electron chi connectivity index (χ4n) is 3.47. The summed E-state index contributed by atoms with van der Waals surface area (Å²) in [6, 6.07) is 6.61. The lowest BCUT2D eigenvalue weighted by Gasteiger charge is -2.24. The highest BCUT2D eigenvalue weighted by Crippen LogP contribution is 2.13. The van der Waals surface area contributed by atoms with Crippen molar-refractivity contribution in [2.45, 2.75) is 43.4 Å². The first-order chi connectivity index (χ1) is 18.4. The largest absolute Gasteiger partial charge is 0.508 e. The molecule has 2 rings (SSSR count). The third-order valence-electron chi connectivity index (χ3n) is 5.57. The zero-order valence-corrected chi connectivity index (χ0v) is 21.6. The topological polar surface area (TPSA) is 234 Å². The van der Waals surface area contributed by atoms with E-state index in [0.29, 0.717) is 11.1 Å². The van der Waals surface area contributed by atoms with Crippen molar-refractivity contribution < 1.29 is 39.3 Å². The van der Waals surface area contributed by atoms with Crippen LogP contribution in [-0.2, 0) is 36.8 Å². The van der Waals surface area contributed by atoms with Gasteiger partial charge in [0, 0.05) is 12.2 Å². The van der Waals surface area contributed by atoms with Crippen molar-refractivity contribution in [1.29, 1.82) is 0 Å². The zero-order valence-electron chi connectivity index (χ0n) is 20.7. The average Bonchev–Trinajstić information content (AvgIpc) is 2.88. The smallest absolute Gasteiger partial charge is 0.326 e. The summed E-state index contributed by atoms with van der Waals surface area (Å²) in [6.07, 6.45) is -0.668. The summed E-state index contributed by atoms with van der Waals surface area (Å²) in [6.45, 7) is 0. The fourth-order valence-corrected chi connectivity index (χ4v) is 3.73. The van der Waals surface area contributed by atoms with Gasteiger partial charge in [0.1, 0.15) is 29.6 Å². The maximum absolute atomic E-state index is 13.0. The molecule has 0 aliphatic rings. The molecule has 0 saturated heterocycles. The molecule has 0 bridgehead atoms. The number of amides is 4. The molecule has 0 heterocycles. The fraction of sp³-hybridized carbons (Fsp3) is 0.320. The molecule has 4 atom stereocenters. The van der Waals surface area contributed by atoms with E-state index in [-0.39, 0.29) is 30.1 Å². The second kappa shape index (κ2) is 14.6. The van der Waals surface area contributed by atoms with Crippen molar-refractivity contribution in [3.63, 3.8) is 0 Å². The van der Waals surface area contributed by atoms with Crippen LogP contribution < -0.4 is 27.4 Å². The van der Waals surface area contributed by atoms with Crippen LogP contribution in [0.1, 0.15) is 17.5 Å². The molecule has 14 heteroatoms. The number of phenolic OH excluding ortho intramolecular Hbond substituents is 2. The molecule has 0 aromatic heterocycles. The van der Waals surface area contributed by atoms with Gasteiger partial charge in [-0.1, -0.05) is 24.3 Å². The molecule has 210 valence electrons. The van der Waals surface area contributed by atoms with Gasteiger partial charge in [-0.25, -0.2) is 4.79 Å². The number of carboxylic acids is 1. The Labute approximate surface area is 229 Å². The maximum Gasteiger partial charge on any atom is 0.326 e. The Bertz CT molecular complexity index is 1180. The minimum absolute atomic E-state index is 0.0299. The van der Waals surface area contributed by atoms with Crippen LogP contribution in [0.5, 0.6) is 11.5 Å². The first-order valence-electron chi connectivity index (χ1n) is 11.7. The third kappa shape index (κ3) is 10.2. The van der Waals surface area contributed by atoms with E-state index in [2.05, 4.69) is 28.6 Å². The molecule has 2 aromatic rings. The number of carbonyl (C=O) groups excluding carboxylic acids is 4. The lowest BCUT2D eigenvalue weighted by atomic mass is 10.0. The van der Waals surface area contributed by atoms with Crippen molar-refractivity contribution >= 4 is 42.2 Å². The summed E-state index contributed by atoms with van der Waals surface area (Å²) in [7, 11) is 0. The summed E-state index contributed by atoms with van der Waals surface area (Å²) >= 11 is 4.11. The van der Waals surface area contributed by atoms with Crippen LogP contribution in [0.3, 0.4) is 0 Å². The molecule has 0 spiro atoms. The molecule has 2 aromatic carbocycles. The van der Waals surface area contributed by atoms with Gasteiger partial charge in [0.25, 0.3) is 0 Å². The molecule has 39 heavy (non-hydrogen) atoms. The Morgan fingerprint density at radius 2 is 1.15 bits per heavy atom. The number of nitrogens with two attached hydrogens (primary N) is 2. The van der Waals surface area contributed by atoms with Gasteiger partial charge in [0.15, 0.2) is 0 Å². The SMILES string of the molecule is NC(=O)CC(NC(=O)C(Cc1ccc(O)cc1)NC(=O)C(CS)NC(=O)C(N)Cc1ccc(O)cc1)C(=O)O. The maximum atomic E-state index is 13.0. The first-order valence-corrected chi connectivity index (χ1v) is 12.4. The molecule has 4 unspecified atom stereocenters. The predicted octanol–water partition coefficient (Wildman–Crippen LogP) is -1.45. The molecule has 0 aliphatic heterocycles. The van der Waals surface area contributed by atoms with E-state index in [4.69, 9.17) is 11.5 Å². The highest BCUT2D eigenvalue weighted by molar-refractivity contribution is 7.80. The average molecular weight is 562 g/mol. The van der Waals surface area contributed by atoms with Crippen molar-refractivity contribution in [3.05, 3.63) is 59.7 Å². The Morgan fingerprint density at radius 1 is 0.718 bits per heavy atom. The van der Waals surface area contributed by atoms with Crippen LogP contribution in [0, 0.1) is 0 Å². The Balaban J connectivity index is 2.15. The second-order valence-electron chi connectivity index (χ2n) is 8.72. The number of benzene rings is 2. The van der Waals surface area contributed by atoms with E-state index in [1.807, 2.05) is 0 Å². The Morgan fingerprint density at radius 3 is 1.62 bits per heavy atom.